The number of rotatable bonds is 8. The van der Waals surface area contributed by atoms with Gasteiger partial charge in [0.05, 0.1) is 5.57 Å². The third kappa shape index (κ3) is 4.26. The van der Waals surface area contributed by atoms with Gasteiger partial charge in [0.2, 0.25) is 5.91 Å². The van der Waals surface area contributed by atoms with E-state index in [9.17, 15) is 14.0 Å². The third-order valence-electron chi connectivity index (χ3n) is 5.77. The molecule has 1 aromatic carbocycles. The highest BCUT2D eigenvalue weighted by atomic mass is 19.1. The number of nitrogens with two attached hydrogens (primary N) is 1. The minimum atomic E-state index is -2.80. The van der Waals surface area contributed by atoms with E-state index in [0.29, 0.717) is 25.3 Å². The van der Waals surface area contributed by atoms with E-state index in [4.69, 9.17) is 14.0 Å². The van der Waals surface area contributed by atoms with Crippen LogP contribution < -0.4 is 16.4 Å². The highest BCUT2D eigenvalue weighted by Gasteiger charge is 2.42. The number of fused-ring (bicyclic) bond motifs is 1. The van der Waals surface area contributed by atoms with Gasteiger partial charge in [0, 0.05) is 49.6 Å². The average molecular weight is 421 g/mol. The molecular formula is C23H31FN4O2. The van der Waals surface area contributed by atoms with Gasteiger partial charge in [-0.25, -0.2) is 4.39 Å². The van der Waals surface area contributed by atoms with Gasteiger partial charge in [-0.15, -0.1) is 0 Å². The molecule has 0 radical (unpaired) electrons. The number of carbonyl (C=O) groups excluding carboxylic acids is 2. The molecule has 0 saturated carbocycles. The van der Waals surface area contributed by atoms with Crippen molar-refractivity contribution in [2.75, 3.05) is 25.0 Å². The van der Waals surface area contributed by atoms with Crippen LogP contribution in [-0.2, 0) is 9.59 Å². The lowest BCUT2D eigenvalue weighted by Gasteiger charge is -2.35. The van der Waals surface area contributed by atoms with Gasteiger partial charge in [0.25, 0.3) is 5.91 Å². The zero-order valence-corrected chi connectivity index (χ0v) is 17.1. The highest BCUT2D eigenvalue weighted by Crippen LogP contribution is 2.41. The molecule has 2 aliphatic rings. The van der Waals surface area contributed by atoms with Gasteiger partial charge in [0.1, 0.15) is 5.82 Å². The van der Waals surface area contributed by atoms with Crippen molar-refractivity contribution in [3.63, 3.8) is 0 Å². The zero-order valence-electron chi connectivity index (χ0n) is 23.1. The molecule has 3 rings (SSSR count). The molecule has 30 heavy (non-hydrogen) atoms. The van der Waals surface area contributed by atoms with Crippen LogP contribution in [0.1, 0.15) is 54.2 Å². The van der Waals surface area contributed by atoms with Crippen molar-refractivity contribution >= 4 is 23.1 Å². The Morgan fingerprint density at radius 1 is 1.40 bits per heavy atom. The molecule has 4 N–H and O–H groups in total. The first-order chi connectivity index (χ1) is 16.6. The summed E-state index contributed by atoms with van der Waals surface area (Å²) in [6.45, 7) is -0.0849. The lowest BCUT2D eigenvalue weighted by molar-refractivity contribution is -0.119. The van der Waals surface area contributed by atoms with Gasteiger partial charge >= 0.3 is 0 Å². The Hall–Kier alpha value is -2.67. The summed E-state index contributed by atoms with van der Waals surface area (Å²) in [4.78, 5) is 26.8. The van der Waals surface area contributed by atoms with Gasteiger partial charge in [-0.2, -0.15) is 0 Å². The maximum atomic E-state index is 14.0. The van der Waals surface area contributed by atoms with Gasteiger partial charge in [-0.1, -0.05) is 13.8 Å². The highest BCUT2D eigenvalue weighted by molar-refractivity contribution is 6.31. The zero-order chi connectivity index (χ0) is 27.1. The van der Waals surface area contributed by atoms with E-state index in [1.807, 2.05) is 18.7 Å². The number of hydrogen-bond donors (Lipinski definition) is 3. The number of anilines is 1. The number of nitrogens with one attached hydrogen (secondary N) is 2. The van der Waals surface area contributed by atoms with Gasteiger partial charge < -0.3 is 21.3 Å². The minimum absolute atomic E-state index is 0.00715. The second-order valence-corrected chi connectivity index (χ2v) is 7.63. The Balaban J connectivity index is 2.23. The lowest BCUT2D eigenvalue weighted by Crippen LogP contribution is -2.47. The van der Waals surface area contributed by atoms with Crippen LogP contribution in [-0.4, -0.2) is 41.9 Å². The Morgan fingerprint density at radius 3 is 2.80 bits per heavy atom. The van der Waals surface area contributed by atoms with E-state index >= 15 is 0 Å². The first-order valence-electron chi connectivity index (χ1n) is 13.0. The number of hydrogen-bond acceptors (Lipinski definition) is 4. The van der Waals surface area contributed by atoms with Crippen LogP contribution in [0.4, 0.5) is 10.1 Å². The van der Waals surface area contributed by atoms with E-state index in [0.717, 1.165) is 6.07 Å². The molecule has 2 unspecified atom stereocenters. The van der Waals surface area contributed by atoms with Crippen LogP contribution in [0.2, 0.25) is 0 Å². The minimum Gasteiger partial charge on any atom is -0.379 e. The maximum Gasteiger partial charge on any atom is 0.256 e. The number of halogens is 1. The summed E-state index contributed by atoms with van der Waals surface area (Å²) in [6.07, 6.45) is 0.718. The van der Waals surface area contributed by atoms with E-state index in [1.165, 1.54) is 18.2 Å². The van der Waals surface area contributed by atoms with Crippen LogP contribution in [0, 0.1) is 11.7 Å². The maximum absolute atomic E-state index is 14.0. The molecule has 0 saturated heterocycles. The monoisotopic (exact) mass is 420 g/mol. The number of nitrogens with zero attached hydrogens (tertiary/aromatic N) is 1. The quantitative estimate of drug-likeness (QED) is 0.564. The second kappa shape index (κ2) is 8.60. The van der Waals surface area contributed by atoms with Crippen LogP contribution in [0.15, 0.2) is 35.5 Å². The lowest BCUT2D eigenvalue weighted by atomic mass is 9.79. The Bertz CT molecular complexity index is 1110. The summed E-state index contributed by atoms with van der Waals surface area (Å²) in [6, 6.07) is 3.71. The predicted octanol–water partition coefficient (Wildman–Crippen LogP) is 3.02. The number of benzene rings is 1. The largest absolute Gasteiger partial charge is 0.379 e. The molecule has 2 atom stereocenters. The van der Waals surface area contributed by atoms with Crippen LogP contribution in [0.3, 0.4) is 0 Å². The molecule has 0 spiro atoms. The molecule has 1 aromatic rings. The molecule has 6 nitrogen and oxygen atoms in total. The van der Waals surface area contributed by atoms with E-state index in [2.05, 4.69) is 10.6 Å². The molecular weight excluding hydrogens is 383 g/mol. The Labute approximate surface area is 185 Å². The van der Waals surface area contributed by atoms with E-state index < -0.39 is 49.2 Å². The van der Waals surface area contributed by atoms with E-state index in [-0.39, 0.29) is 28.8 Å². The van der Waals surface area contributed by atoms with Gasteiger partial charge in [-0.3, -0.25) is 9.59 Å². The molecule has 7 heteroatoms. The number of allylic oxidation sites excluding steroid dienone is 1. The molecule has 0 bridgehead atoms. The van der Waals surface area contributed by atoms with Crippen LogP contribution in [0.5, 0.6) is 0 Å². The van der Waals surface area contributed by atoms with Crippen molar-refractivity contribution in [2.24, 2.45) is 11.7 Å². The van der Waals surface area contributed by atoms with Crippen molar-refractivity contribution in [3.8, 4) is 0 Å². The normalized spacial score (nSPS) is 28.2. The SMILES string of the molecule is [2H]C([2H])([2H])C1=C(/C=C2\C(=O)Nc3ccc(F)cc32)NC(CCN(CC)CC)(C([2H])([2H])[2H])C1CC(N)=O. The first-order valence-corrected chi connectivity index (χ1v) is 10.0. The first kappa shape index (κ1) is 15.2. The summed E-state index contributed by atoms with van der Waals surface area (Å²) < 4.78 is 63.8. The summed E-state index contributed by atoms with van der Waals surface area (Å²) in [7, 11) is 0. The Morgan fingerprint density at radius 2 is 2.17 bits per heavy atom. The second-order valence-electron chi connectivity index (χ2n) is 7.63. The van der Waals surface area contributed by atoms with Crippen LogP contribution in [0.25, 0.3) is 5.57 Å². The van der Waals surface area contributed by atoms with Gasteiger partial charge in [0.15, 0.2) is 0 Å². The fraction of sp³-hybridized carbons (Fsp3) is 0.478. The summed E-state index contributed by atoms with van der Waals surface area (Å²) in [5.41, 5.74) is 3.80. The molecule has 0 aliphatic carbocycles. The third-order valence-corrected chi connectivity index (χ3v) is 5.77. The molecule has 162 valence electrons. The van der Waals surface area contributed by atoms with Crippen molar-refractivity contribution in [1.82, 2.24) is 10.2 Å². The van der Waals surface area contributed by atoms with Crippen molar-refractivity contribution in [1.29, 1.82) is 0 Å². The number of carbonyl (C=O) groups is 2. The molecule has 0 fully saturated rings. The number of amides is 2. The molecule has 2 aliphatic heterocycles. The topological polar surface area (TPSA) is 87.5 Å². The van der Waals surface area contributed by atoms with Crippen molar-refractivity contribution in [3.05, 3.63) is 46.9 Å². The summed E-state index contributed by atoms with van der Waals surface area (Å²) >= 11 is 0. The van der Waals surface area contributed by atoms with Crippen LogP contribution >= 0.6 is 0 Å². The standard InChI is InChI=1S/C23H31FN4O2/c1-5-28(6-2)10-9-23(4)18(13-21(25)29)14(3)20(27-23)12-17-16-11-15(24)7-8-19(16)26-22(17)30/h7-8,11-12,18,27H,5-6,9-10,13H2,1-4H3,(H2,25,29)(H,26,30)/b17-12-/i3D3,4D3. The Kier molecular flexibility index (Phi) is 4.35. The molecule has 2 heterocycles. The fourth-order valence-electron chi connectivity index (χ4n) is 3.98. The van der Waals surface area contributed by atoms with Crippen molar-refractivity contribution < 1.29 is 22.2 Å². The predicted molar refractivity (Wildman–Crippen MR) is 117 cm³/mol. The van der Waals surface area contributed by atoms with Gasteiger partial charge in [-0.05, 0) is 63.1 Å². The average Bonchev–Trinajstić information content (AvgIpc) is 3.23. The molecule has 2 amide bonds. The smallest absolute Gasteiger partial charge is 0.256 e. The fourth-order valence-corrected chi connectivity index (χ4v) is 3.98. The summed E-state index contributed by atoms with van der Waals surface area (Å²) in [5.74, 6) is -3.31. The number of primary amides is 1. The summed E-state index contributed by atoms with van der Waals surface area (Å²) in [5, 5.41) is 5.52. The van der Waals surface area contributed by atoms with E-state index in [1.54, 1.807) is 0 Å². The van der Waals surface area contributed by atoms with Crippen molar-refractivity contribution in [2.45, 2.75) is 45.9 Å². The molecule has 0 aromatic heterocycles.